The minimum Gasteiger partial charge on any atom is -0.343 e. The lowest BCUT2D eigenvalue weighted by molar-refractivity contribution is -0.140. The lowest BCUT2D eigenvalue weighted by Crippen LogP contribution is -2.44. The molecular weight excluding hydrogens is 328 g/mol. The van der Waals surface area contributed by atoms with E-state index in [1.807, 2.05) is 47.9 Å². The molecule has 6 heteroatoms. The SMILES string of the molecule is CCN(CC)C(=O)C1CCN(C(=O)CCc2nc3ccccc3[nH]2)CC1. The number of likely N-dealkylation sites (tertiary alicyclic amines) is 1. The first-order valence-corrected chi connectivity index (χ1v) is 9.62. The number of benzene rings is 1. The monoisotopic (exact) mass is 356 g/mol. The number of nitrogens with zero attached hydrogens (tertiary/aromatic N) is 3. The number of fused-ring (bicyclic) bond motifs is 1. The van der Waals surface area contributed by atoms with Crippen molar-refractivity contribution in [2.45, 2.75) is 39.5 Å². The van der Waals surface area contributed by atoms with E-state index in [9.17, 15) is 9.59 Å². The van der Waals surface area contributed by atoms with Crippen LogP contribution in [0, 0.1) is 5.92 Å². The van der Waals surface area contributed by atoms with E-state index < -0.39 is 0 Å². The molecule has 0 radical (unpaired) electrons. The normalized spacial score (nSPS) is 15.4. The summed E-state index contributed by atoms with van der Waals surface area (Å²) in [6.45, 7) is 6.89. The first kappa shape index (κ1) is 18.4. The highest BCUT2D eigenvalue weighted by Crippen LogP contribution is 2.21. The number of amides is 2. The number of aryl methyl sites for hydroxylation is 1. The van der Waals surface area contributed by atoms with E-state index in [0.717, 1.165) is 42.8 Å². The molecule has 0 aliphatic carbocycles. The van der Waals surface area contributed by atoms with Crippen LogP contribution in [0.3, 0.4) is 0 Å². The molecule has 1 saturated heterocycles. The van der Waals surface area contributed by atoms with Crippen molar-refractivity contribution in [3.05, 3.63) is 30.1 Å². The van der Waals surface area contributed by atoms with Gasteiger partial charge in [0, 0.05) is 44.9 Å². The Labute approximate surface area is 154 Å². The largest absolute Gasteiger partial charge is 0.343 e. The molecule has 3 rings (SSSR count). The molecule has 1 N–H and O–H groups in total. The molecule has 2 amide bonds. The molecule has 140 valence electrons. The zero-order chi connectivity index (χ0) is 18.5. The highest BCUT2D eigenvalue weighted by atomic mass is 16.2. The van der Waals surface area contributed by atoms with Crippen molar-refractivity contribution in [2.75, 3.05) is 26.2 Å². The average molecular weight is 356 g/mol. The van der Waals surface area contributed by atoms with E-state index in [0.29, 0.717) is 25.9 Å². The second kappa shape index (κ2) is 8.34. The first-order chi connectivity index (χ1) is 12.6. The van der Waals surface area contributed by atoms with Gasteiger partial charge in [-0.25, -0.2) is 4.98 Å². The Balaban J connectivity index is 1.48. The molecule has 1 fully saturated rings. The van der Waals surface area contributed by atoms with E-state index >= 15 is 0 Å². The van der Waals surface area contributed by atoms with E-state index in [4.69, 9.17) is 0 Å². The second-order valence-electron chi connectivity index (χ2n) is 6.87. The molecule has 6 nitrogen and oxygen atoms in total. The lowest BCUT2D eigenvalue weighted by atomic mass is 9.95. The summed E-state index contributed by atoms with van der Waals surface area (Å²) in [5.41, 5.74) is 1.94. The summed E-state index contributed by atoms with van der Waals surface area (Å²) in [6.07, 6.45) is 2.61. The zero-order valence-corrected chi connectivity index (χ0v) is 15.7. The maximum Gasteiger partial charge on any atom is 0.225 e. The number of carbonyl (C=O) groups is 2. The minimum absolute atomic E-state index is 0.0642. The molecule has 1 aliphatic heterocycles. The molecule has 0 bridgehead atoms. The third-order valence-electron chi connectivity index (χ3n) is 5.29. The molecule has 0 saturated carbocycles. The van der Waals surface area contributed by atoms with Crippen LogP contribution >= 0.6 is 0 Å². The van der Waals surface area contributed by atoms with Gasteiger partial charge in [0.25, 0.3) is 0 Å². The summed E-state index contributed by atoms with van der Waals surface area (Å²) in [7, 11) is 0. The number of aromatic nitrogens is 2. The van der Waals surface area contributed by atoms with Crippen LogP contribution in [0.4, 0.5) is 0 Å². The van der Waals surface area contributed by atoms with Gasteiger partial charge >= 0.3 is 0 Å². The number of hydrogen-bond donors (Lipinski definition) is 1. The van der Waals surface area contributed by atoms with Crippen LogP contribution in [0.5, 0.6) is 0 Å². The van der Waals surface area contributed by atoms with Gasteiger partial charge in [0.15, 0.2) is 0 Å². The van der Waals surface area contributed by atoms with E-state index in [1.165, 1.54) is 0 Å². The number of carbonyl (C=O) groups excluding carboxylic acids is 2. The van der Waals surface area contributed by atoms with Crippen molar-refractivity contribution >= 4 is 22.8 Å². The number of imidazole rings is 1. The number of H-pyrrole nitrogens is 1. The van der Waals surface area contributed by atoms with Crippen molar-refractivity contribution in [3.63, 3.8) is 0 Å². The lowest BCUT2D eigenvalue weighted by Gasteiger charge is -2.33. The van der Waals surface area contributed by atoms with Crippen LogP contribution < -0.4 is 0 Å². The van der Waals surface area contributed by atoms with Gasteiger partial charge in [0.1, 0.15) is 5.82 Å². The van der Waals surface area contributed by atoms with Crippen LogP contribution in [0.1, 0.15) is 38.9 Å². The highest BCUT2D eigenvalue weighted by Gasteiger charge is 2.29. The van der Waals surface area contributed by atoms with E-state index in [2.05, 4.69) is 9.97 Å². The second-order valence-corrected chi connectivity index (χ2v) is 6.87. The number of para-hydroxylation sites is 2. The Kier molecular flexibility index (Phi) is 5.91. The van der Waals surface area contributed by atoms with Gasteiger partial charge in [0.2, 0.25) is 11.8 Å². The van der Waals surface area contributed by atoms with Crippen LogP contribution in [0.2, 0.25) is 0 Å². The molecule has 1 aromatic carbocycles. The minimum atomic E-state index is 0.0642. The molecule has 1 aromatic heterocycles. The summed E-state index contributed by atoms with van der Waals surface area (Å²) >= 11 is 0. The third kappa shape index (κ3) is 4.06. The zero-order valence-electron chi connectivity index (χ0n) is 15.7. The molecule has 26 heavy (non-hydrogen) atoms. The van der Waals surface area contributed by atoms with E-state index in [1.54, 1.807) is 0 Å². The van der Waals surface area contributed by atoms with Gasteiger partial charge in [-0.05, 0) is 38.8 Å². The summed E-state index contributed by atoms with van der Waals surface area (Å²) in [5.74, 6) is 1.31. The fraction of sp³-hybridized carbons (Fsp3) is 0.550. The van der Waals surface area contributed by atoms with Gasteiger partial charge in [0.05, 0.1) is 11.0 Å². The van der Waals surface area contributed by atoms with Crippen molar-refractivity contribution < 1.29 is 9.59 Å². The molecular formula is C20H28N4O2. The molecule has 2 aromatic rings. The number of aromatic amines is 1. The van der Waals surface area contributed by atoms with Crippen molar-refractivity contribution in [1.82, 2.24) is 19.8 Å². The number of rotatable bonds is 6. The Morgan fingerprint density at radius 3 is 2.54 bits per heavy atom. The maximum absolute atomic E-state index is 12.5. The first-order valence-electron chi connectivity index (χ1n) is 9.62. The number of nitrogens with one attached hydrogen (secondary N) is 1. The summed E-state index contributed by atoms with van der Waals surface area (Å²) in [5, 5.41) is 0. The Morgan fingerprint density at radius 1 is 1.19 bits per heavy atom. The predicted octanol–water partition coefficient (Wildman–Crippen LogP) is 2.60. The Hall–Kier alpha value is -2.37. The summed E-state index contributed by atoms with van der Waals surface area (Å²) < 4.78 is 0. The molecule has 2 heterocycles. The van der Waals surface area contributed by atoms with Crippen LogP contribution in [0.15, 0.2) is 24.3 Å². The average Bonchev–Trinajstić information content (AvgIpc) is 3.10. The van der Waals surface area contributed by atoms with Gasteiger partial charge in [-0.2, -0.15) is 0 Å². The van der Waals surface area contributed by atoms with Gasteiger partial charge in [-0.15, -0.1) is 0 Å². The molecule has 1 aliphatic rings. The fourth-order valence-corrected chi connectivity index (χ4v) is 3.68. The maximum atomic E-state index is 12.5. The quantitative estimate of drug-likeness (QED) is 0.865. The molecule has 0 unspecified atom stereocenters. The number of piperidine rings is 1. The standard InChI is InChI=1S/C20H28N4O2/c1-3-23(4-2)20(26)15-11-13-24(14-12-15)19(25)10-9-18-21-16-7-5-6-8-17(16)22-18/h5-8,15H,3-4,9-14H2,1-2H3,(H,21,22). The smallest absolute Gasteiger partial charge is 0.225 e. The molecule has 0 atom stereocenters. The summed E-state index contributed by atoms with van der Waals surface area (Å²) in [4.78, 5) is 36.5. The Bertz CT molecular complexity index is 725. The van der Waals surface area contributed by atoms with Crippen LogP contribution in [-0.4, -0.2) is 57.8 Å². The fourth-order valence-electron chi connectivity index (χ4n) is 3.68. The topological polar surface area (TPSA) is 69.3 Å². The summed E-state index contributed by atoms with van der Waals surface area (Å²) in [6, 6.07) is 7.89. The van der Waals surface area contributed by atoms with Crippen LogP contribution in [0.25, 0.3) is 11.0 Å². The Morgan fingerprint density at radius 2 is 1.88 bits per heavy atom. The molecule has 0 spiro atoms. The van der Waals surface area contributed by atoms with E-state index in [-0.39, 0.29) is 17.7 Å². The third-order valence-corrected chi connectivity index (χ3v) is 5.29. The highest BCUT2D eigenvalue weighted by molar-refractivity contribution is 5.80. The van der Waals surface area contributed by atoms with Crippen molar-refractivity contribution in [3.8, 4) is 0 Å². The van der Waals surface area contributed by atoms with Gasteiger partial charge in [-0.3, -0.25) is 9.59 Å². The van der Waals surface area contributed by atoms with Crippen LogP contribution in [-0.2, 0) is 16.0 Å². The number of hydrogen-bond acceptors (Lipinski definition) is 3. The predicted molar refractivity (Wildman–Crippen MR) is 102 cm³/mol. The van der Waals surface area contributed by atoms with Crippen molar-refractivity contribution in [1.29, 1.82) is 0 Å². The van der Waals surface area contributed by atoms with Gasteiger partial charge < -0.3 is 14.8 Å². The van der Waals surface area contributed by atoms with Gasteiger partial charge in [-0.1, -0.05) is 12.1 Å². The van der Waals surface area contributed by atoms with Crippen molar-refractivity contribution in [2.24, 2.45) is 5.92 Å².